The molecule has 2 amide bonds. The number of hydrogen-bond acceptors (Lipinski definition) is 6. The van der Waals surface area contributed by atoms with E-state index in [0.29, 0.717) is 11.3 Å². The van der Waals surface area contributed by atoms with Crippen LogP contribution in [0.2, 0.25) is 0 Å². The van der Waals surface area contributed by atoms with Crippen LogP contribution in [0.1, 0.15) is 27.9 Å². The molecule has 28 heavy (non-hydrogen) atoms. The summed E-state index contributed by atoms with van der Waals surface area (Å²) in [7, 11) is 0. The molecule has 3 N–H and O–H groups in total. The summed E-state index contributed by atoms with van der Waals surface area (Å²) in [6, 6.07) is 12.5. The van der Waals surface area contributed by atoms with Crippen LogP contribution in [0.4, 0.5) is 0 Å². The fourth-order valence-corrected chi connectivity index (χ4v) is 2.85. The molecule has 0 aliphatic heterocycles. The van der Waals surface area contributed by atoms with Gasteiger partial charge in [-0.1, -0.05) is 29.5 Å². The van der Waals surface area contributed by atoms with Gasteiger partial charge in [0.15, 0.2) is 5.69 Å². The predicted molar refractivity (Wildman–Crippen MR) is 99.0 cm³/mol. The summed E-state index contributed by atoms with van der Waals surface area (Å²) in [5.74, 6) is -0.482. The maximum atomic E-state index is 12.7. The molecule has 3 heterocycles. The number of carbonyl (C=O) groups is 2. The highest BCUT2D eigenvalue weighted by Crippen LogP contribution is 2.28. The molecule has 3 aromatic heterocycles. The van der Waals surface area contributed by atoms with Crippen LogP contribution < -0.4 is 11.1 Å². The molecular weight excluding hydrogens is 360 g/mol. The number of nitrogens with two attached hydrogens (primary N) is 1. The SMILES string of the molecule is NC(=O)Cn1cc(C(=O)NC(c2cccnc2)c2cc3ccccc3o2)nn1. The van der Waals surface area contributed by atoms with Crippen LogP contribution in [0.5, 0.6) is 0 Å². The van der Waals surface area contributed by atoms with Crippen molar-refractivity contribution in [1.82, 2.24) is 25.3 Å². The molecule has 0 aliphatic carbocycles. The molecule has 1 aromatic carbocycles. The van der Waals surface area contributed by atoms with Gasteiger partial charge in [0.1, 0.15) is 23.9 Å². The van der Waals surface area contributed by atoms with E-state index in [-0.39, 0.29) is 12.2 Å². The molecule has 4 rings (SSSR count). The van der Waals surface area contributed by atoms with Gasteiger partial charge in [-0.15, -0.1) is 5.10 Å². The Labute approximate surface area is 159 Å². The van der Waals surface area contributed by atoms with Crippen molar-refractivity contribution in [1.29, 1.82) is 0 Å². The minimum Gasteiger partial charge on any atom is -0.459 e. The fourth-order valence-electron chi connectivity index (χ4n) is 2.85. The third-order valence-corrected chi connectivity index (χ3v) is 4.11. The molecule has 0 saturated carbocycles. The zero-order chi connectivity index (χ0) is 19.5. The van der Waals surface area contributed by atoms with Gasteiger partial charge >= 0.3 is 0 Å². The monoisotopic (exact) mass is 376 g/mol. The lowest BCUT2D eigenvalue weighted by atomic mass is 10.1. The first-order valence-corrected chi connectivity index (χ1v) is 8.48. The Morgan fingerprint density at radius 2 is 2.07 bits per heavy atom. The Morgan fingerprint density at radius 3 is 2.82 bits per heavy atom. The number of amides is 2. The van der Waals surface area contributed by atoms with E-state index in [2.05, 4.69) is 20.6 Å². The van der Waals surface area contributed by atoms with Gasteiger partial charge < -0.3 is 15.5 Å². The van der Waals surface area contributed by atoms with Crippen LogP contribution in [0.3, 0.4) is 0 Å². The van der Waals surface area contributed by atoms with Crippen molar-refractivity contribution in [2.75, 3.05) is 0 Å². The summed E-state index contributed by atoms with van der Waals surface area (Å²) in [6.07, 6.45) is 4.66. The smallest absolute Gasteiger partial charge is 0.274 e. The molecular formula is C19H16N6O3. The van der Waals surface area contributed by atoms with Gasteiger partial charge in [0.25, 0.3) is 5.91 Å². The molecule has 1 atom stereocenters. The first-order chi connectivity index (χ1) is 13.6. The quantitative estimate of drug-likeness (QED) is 0.524. The summed E-state index contributed by atoms with van der Waals surface area (Å²) in [5.41, 5.74) is 6.66. The van der Waals surface area contributed by atoms with Crippen LogP contribution in [0.15, 0.2) is 65.5 Å². The van der Waals surface area contributed by atoms with Gasteiger partial charge in [-0.3, -0.25) is 14.6 Å². The normalized spacial score (nSPS) is 12.0. The largest absolute Gasteiger partial charge is 0.459 e. The lowest BCUT2D eigenvalue weighted by Crippen LogP contribution is -2.29. The van der Waals surface area contributed by atoms with E-state index in [1.54, 1.807) is 18.5 Å². The van der Waals surface area contributed by atoms with Gasteiger partial charge in [-0.25, -0.2) is 4.68 Å². The van der Waals surface area contributed by atoms with Crippen molar-refractivity contribution in [3.8, 4) is 0 Å². The summed E-state index contributed by atoms with van der Waals surface area (Å²) < 4.78 is 7.14. The number of benzene rings is 1. The number of pyridine rings is 1. The maximum Gasteiger partial charge on any atom is 0.274 e. The van der Waals surface area contributed by atoms with Gasteiger partial charge in [-0.05, 0) is 18.2 Å². The fraction of sp³-hybridized carbons (Fsp3) is 0.105. The number of carbonyl (C=O) groups excluding carboxylic acids is 2. The van der Waals surface area contributed by atoms with E-state index in [1.807, 2.05) is 36.4 Å². The molecule has 0 saturated heterocycles. The van der Waals surface area contributed by atoms with Gasteiger partial charge in [-0.2, -0.15) is 0 Å². The molecule has 1 unspecified atom stereocenters. The molecule has 0 bridgehead atoms. The lowest BCUT2D eigenvalue weighted by molar-refractivity contribution is -0.118. The third kappa shape index (κ3) is 3.58. The second kappa shape index (κ2) is 7.31. The minimum atomic E-state index is -0.577. The summed E-state index contributed by atoms with van der Waals surface area (Å²) >= 11 is 0. The molecule has 0 spiro atoms. The van der Waals surface area contributed by atoms with Crippen molar-refractivity contribution < 1.29 is 14.0 Å². The molecule has 140 valence electrons. The van der Waals surface area contributed by atoms with Crippen molar-refractivity contribution in [3.63, 3.8) is 0 Å². The second-order valence-corrected chi connectivity index (χ2v) is 6.15. The Bertz CT molecular complexity index is 1100. The average Bonchev–Trinajstić information content (AvgIpc) is 3.33. The molecule has 0 fully saturated rings. The predicted octanol–water partition coefficient (Wildman–Crippen LogP) is 1.42. The Hall–Kier alpha value is -4.01. The topological polar surface area (TPSA) is 129 Å². The number of primary amides is 1. The standard InChI is InChI=1S/C19H16N6O3/c20-17(26)11-25-10-14(23-24-25)19(27)22-18(13-5-3-7-21-9-13)16-8-12-4-1-2-6-15(12)28-16/h1-10,18H,11H2,(H2,20,26)(H,22,27). The zero-order valence-corrected chi connectivity index (χ0v) is 14.6. The number of furan rings is 1. The Kier molecular flexibility index (Phi) is 4.55. The average molecular weight is 376 g/mol. The summed E-state index contributed by atoms with van der Waals surface area (Å²) in [4.78, 5) is 27.8. The van der Waals surface area contributed by atoms with Crippen LogP contribution >= 0.6 is 0 Å². The van der Waals surface area contributed by atoms with Crippen molar-refractivity contribution in [2.24, 2.45) is 5.73 Å². The third-order valence-electron chi connectivity index (χ3n) is 4.11. The maximum absolute atomic E-state index is 12.7. The van der Waals surface area contributed by atoms with Crippen LogP contribution in [0.25, 0.3) is 11.0 Å². The van der Waals surface area contributed by atoms with Crippen LogP contribution in [0, 0.1) is 0 Å². The van der Waals surface area contributed by atoms with Gasteiger partial charge in [0.2, 0.25) is 5.91 Å². The highest BCUT2D eigenvalue weighted by molar-refractivity contribution is 5.92. The molecule has 9 nitrogen and oxygen atoms in total. The van der Waals surface area contributed by atoms with E-state index in [9.17, 15) is 9.59 Å². The van der Waals surface area contributed by atoms with Crippen LogP contribution in [-0.4, -0.2) is 31.8 Å². The van der Waals surface area contributed by atoms with Crippen molar-refractivity contribution in [2.45, 2.75) is 12.6 Å². The second-order valence-electron chi connectivity index (χ2n) is 6.15. The first-order valence-electron chi connectivity index (χ1n) is 8.48. The van der Waals surface area contributed by atoms with E-state index in [0.717, 1.165) is 10.9 Å². The number of fused-ring (bicyclic) bond motifs is 1. The Morgan fingerprint density at radius 1 is 1.21 bits per heavy atom. The van der Waals surface area contributed by atoms with E-state index in [4.69, 9.17) is 10.2 Å². The van der Waals surface area contributed by atoms with Crippen molar-refractivity contribution in [3.05, 3.63) is 78.1 Å². The van der Waals surface area contributed by atoms with Gasteiger partial charge in [0.05, 0.1) is 6.20 Å². The van der Waals surface area contributed by atoms with Gasteiger partial charge in [0, 0.05) is 23.3 Å². The molecule has 0 aliphatic rings. The number of para-hydroxylation sites is 1. The van der Waals surface area contributed by atoms with Crippen molar-refractivity contribution >= 4 is 22.8 Å². The zero-order valence-electron chi connectivity index (χ0n) is 14.6. The molecule has 9 heteroatoms. The molecule has 0 radical (unpaired) electrons. The first kappa shape index (κ1) is 17.4. The van der Waals surface area contributed by atoms with E-state index >= 15 is 0 Å². The highest BCUT2D eigenvalue weighted by Gasteiger charge is 2.23. The number of nitrogens with one attached hydrogen (secondary N) is 1. The number of nitrogens with zero attached hydrogens (tertiary/aromatic N) is 4. The highest BCUT2D eigenvalue weighted by atomic mass is 16.3. The lowest BCUT2D eigenvalue weighted by Gasteiger charge is -2.15. The van der Waals surface area contributed by atoms with E-state index < -0.39 is 17.9 Å². The Balaban J connectivity index is 1.65. The summed E-state index contributed by atoms with van der Waals surface area (Å²) in [6.45, 7) is -0.157. The molecule has 4 aromatic rings. The van der Waals surface area contributed by atoms with E-state index in [1.165, 1.54) is 10.9 Å². The number of aromatic nitrogens is 4. The van der Waals surface area contributed by atoms with Crippen LogP contribution in [-0.2, 0) is 11.3 Å². The summed E-state index contributed by atoms with van der Waals surface area (Å²) in [5, 5.41) is 11.3. The number of hydrogen-bond donors (Lipinski definition) is 2. The number of rotatable bonds is 6. The minimum absolute atomic E-state index is 0.0613.